The number of unbranched alkanes of at least 4 members (excludes halogenated alkanes) is 1. The molecule has 2 heterocycles. The number of hydrogen-bond acceptors (Lipinski definition) is 5. The highest BCUT2D eigenvalue weighted by molar-refractivity contribution is 14.0. The first-order valence-corrected chi connectivity index (χ1v) is 11.0. The van der Waals surface area contributed by atoms with Crippen molar-refractivity contribution in [3.8, 4) is 5.75 Å². The van der Waals surface area contributed by atoms with Gasteiger partial charge in [-0.1, -0.05) is 12.1 Å². The van der Waals surface area contributed by atoms with E-state index in [-0.39, 0.29) is 24.0 Å². The van der Waals surface area contributed by atoms with Crippen LogP contribution in [0.4, 0.5) is 5.69 Å². The first-order chi connectivity index (χ1) is 14.3. The molecule has 2 aliphatic rings. The summed E-state index contributed by atoms with van der Waals surface area (Å²) in [6, 6.07) is 8.64. The van der Waals surface area contributed by atoms with Crippen molar-refractivity contribution >= 4 is 35.6 Å². The smallest absolute Gasteiger partial charge is 0.191 e. The van der Waals surface area contributed by atoms with Gasteiger partial charge < -0.3 is 25.0 Å². The second-order valence-corrected chi connectivity index (χ2v) is 7.67. The lowest BCUT2D eigenvalue weighted by Gasteiger charge is -2.26. The fraction of sp³-hybridized carbons (Fsp3) is 0.682. The maximum absolute atomic E-state index is 5.52. The Morgan fingerprint density at radius 1 is 1.20 bits per heavy atom. The first-order valence-electron chi connectivity index (χ1n) is 11.0. The normalized spacial score (nSPS) is 20.0. The van der Waals surface area contributed by atoms with E-state index in [2.05, 4.69) is 39.5 Å². The molecule has 2 fully saturated rings. The molecular formula is C22H38IN5O2. The van der Waals surface area contributed by atoms with Gasteiger partial charge in [0.05, 0.1) is 26.0 Å². The molecule has 0 bridgehead atoms. The number of aliphatic imine (C=N–C) groups is 1. The summed E-state index contributed by atoms with van der Waals surface area (Å²) in [5.41, 5.74) is 1.17. The number of halogens is 1. The Bertz CT molecular complexity index is 640. The van der Waals surface area contributed by atoms with E-state index in [9.17, 15) is 0 Å². The molecular weight excluding hydrogens is 493 g/mol. The van der Waals surface area contributed by atoms with Crippen LogP contribution in [0.2, 0.25) is 0 Å². The summed E-state index contributed by atoms with van der Waals surface area (Å²) in [6.07, 6.45) is 3.40. The van der Waals surface area contributed by atoms with Crippen LogP contribution in [0.3, 0.4) is 0 Å². The van der Waals surface area contributed by atoms with Gasteiger partial charge in [-0.05, 0) is 44.9 Å². The molecule has 1 unspecified atom stereocenters. The quantitative estimate of drug-likeness (QED) is 0.221. The van der Waals surface area contributed by atoms with Gasteiger partial charge in [0.2, 0.25) is 0 Å². The fourth-order valence-corrected chi connectivity index (χ4v) is 3.96. The molecule has 0 radical (unpaired) electrons. The third-order valence-electron chi connectivity index (χ3n) is 5.56. The van der Waals surface area contributed by atoms with Gasteiger partial charge in [0.1, 0.15) is 5.75 Å². The van der Waals surface area contributed by atoms with E-state index in [0.717, 1.165) is 83.6 Å². The molecule has 2 aliphatic heterocycles. The minimum atomic E-state index is 0. The Balaban J connectivity index is 0.00000320. The zero-order chi connectivity index (χ0) is 20.3. The Morgan fingerprint density at radius 3 is 2.77 bits per heavy atom. The van der Waals surface area contributed by atoms with Crippen LogP contribution in [0.5, 0.6) is 5.75 Å². The third kappa shape index (κ3) is 7.77. The molecule has 170 valence electrons. The molecule has 2 N–H and O–H groups in total. The van der Waals surface area contributed by atoms with E-state index in [1.165, 1.54) is 12.1 Å². The fourth-order valence-electron chi connectivity index (χ4n) is 3.96. The van der Waals surface area contributed by atoms with E-state index in [0.29, 0.717) is 6.04 Å². The number of ether oxygens (including phenoxy) is 2. The number of para-hydroxylation sites is 2. The predicted molar refractivity (Wildman–Crippen MR) is 135 cm³/mol. The monoisotopic (exact) mass is 531 g/mol. The van der Waals surface area contributed by atoms with Crippen molar-refractivity contribution in [3.05, 3.63) is 24.3 Å². The minimum absolute atomic E-state index is 0. The highest BCUT2D eigenvalue weighted by atomic mass is 127. The molecule has 1 aromatic rings. The van der Waals surface area contributed by atoms with Crippen LogP contribution in [0.15, 0.2) is 29.3 Å². The minimum Gasteiger partial charge on any atom is -0.495 e. The van der Waals surface area contributed by atoms with Crippen molar-refractivity contribution < 1.29 is 9.47 Å². The Kier molecular flexibility index (Phi) is 11.6. The third-order valence-corrected chi connectivity index (χ3v) is 5.56. The summed E-state index contributed by atoms with van der Waals surface area (Å²) in [7, 11) is 1.74. The van der Waals surface area contributed by atoms with E-state index in [1.807, 2.05) is 12.1 Å². The molecule has 0 amide bonds. The van der Waals surface area contributed by atoms with Crippen LogP contribution in [-0.2, 0) is 4.74 Å². The number of benzene rings is 1. The molecule has 0 spiro atoms. The van der Waals surface area contributed by atoms with E-state index in [4.69, 9.17) is 14.5 Å². The molecule has 1 atom stereocenters. The summed E-state index contributed by atoms with van der Waals surface area (Å²) in [4.78, 5) is 9.68. The van der Waals surface area contributed by atoms with Crippen LogP contribution in [0, 0.1) is 0 Å². The summed E-state index contributed by atoms with van der Waals surface area (Å²) in [6.45, 7) is 10.9. The van der Waals surface area contributed by atoms with Crippen LogP contribution < -0.4 is 20.3 Å². The lowest BCUT2D eigenvalue weighted by atomic mass is 10.2. The molecule has 0 aromatic heterocycles. The average molecular weight is 531 g/mol. The number of rotatable bonds is 9. The second-order valence-electron chi connectivity index (χ2n) is 7.67. The van der Waals surface area contributed by atoms with Gasteiger partial charge in [-0.15, -0.1) is 24.0 Å². The van der Waals surface area contributed by atoms with Crippen molar-refractivity contribution in [1.29, 1.82) is 0 Å². The van der Waals surface area contributed by atoms with Crippen LogP contribution in [0.25, 0.3) is 0 Å². The van der Waals surface area contributed by atoms with Gasteiger partial charge in [0, 0.05) is 45.3 Å². The van der Waals surface area contributed by atoms with Crippen molar-refractivity contribution in [2.24, 2.45) is 4.99 Å². The summed E-state index contributed by atoms with van der Waals surface area (Å²) >= 11 is 0. The van der Waals surface area contributed by atoms with Gasteiger partial charge in [0.25, 0.3) is 0 Å². The van der Waals surface area contributed by atoms with Crippen LogP contribution in [0.1, 0.15) is 26.2 Å². The van der Waals surface area contributed by atoms with E-state index < -0.39 is 0 Å². The molecule has 1 aromatic carbocycles. The number of morpholine rings is 1. The van der Waals surface area contributed by atoms with Gasteiger partial charge in [-0.3, -0.25) is 9.89 Å². The average Bonchev–Trinajstić information content (AvgIpc) is 3.22. The molecule has 30 heavy (non-hydrogen) atoms. The number of nitrogens with zero attached hydrogens (tertiary/aromatic N) is 3. The summed E-state index contributed by atoms with van der Waals surface area (Å²) < 4.78 is 10.9. The Hall–Kier alpha value is -1.26. The summed E-state index contributed by atoms with van der Waals surface area (Å²) in [5, 5.41) is 7.02. The molecule has 3 rings (SSSR count). The zero-order valence-corrected chi connectivity index (χ0v) is 20.8. The van der Waals surface area contributed by atoms with Crippen LogP contribution in [-0.4, -0.2) is 83.0 Å². The van der Waals surface area contributed by atoms with Gasteiger partial charge in [0.15, 0.2) is 5.96 Å². The Morgan fingerprint density at radius 2 is 2.00 bits per heavy atom. The van der Waals surface area contributed by atoms with Crippen molar-refractivity contribution in [3.63, 3.8) is 0 Å². The van der Waals surface area contributed by atoms with E-state index >= 15 is 0 Å². The molecule has 2 saturated heterocycles. The standard InChI is InChI=1S/C22H37N5O2.HI/c1-3-23-22(24-11-6-7-12-26-14-16-29-17-15-26)25-19-10-13-27(18-19)20-8-4-5-9-21(20)28-2;/h4-5,8-9,19H,3,6-7,10-18H2,1-2H3,(H2,23,24,25);1H. The van der Waals surface area contributed by atoms with Crippen molar-refractivity contribution in [2.75, 3.05) is 71.0 Å². The maximum atomic E-state index is 5.52. The van der Waals surface area contributed by atoms with Crippen LogP contribution >= 0.6 is 24.0 Å². The molecule has 7 nitrogen and oxygen atoms in total. The SMILES string of the molecule is CCNC(=NCCCCN1CCOCC1)NC1CCN(c2ccccc2OC)C1.I. The lowest BCUT2D eigenvalue weighted by molar-refractivity contribution is 0.0373. The summed E-state index contributed by atoms with van der Waals surface area (Å²) in [5.74, 6) is 1.87. The number of nitrogens with one attached hydrogen (secondary N) is 2. The van der Waals surface area contributed by atoms with Gasteiger partial charge in [-0.2, -0.15) is 0 Å². The second kappa shape index (κ2) is 13.9. The van der Waals surface area contributed by atoms with Gasteiger partial charge in [-0.25, -0.2) is 0 Å². The molecule has 0 saturated carbocycles. The van der Waals surface area contributed by atoms with Crippen molar-refractivity contribution in [1.82, 2.24) is 15.5 Å². The highest BCUT2D eigenvalue weighted by Crippen LogP contribution is 2.30. The number of anilines is 1. The number of methoxy groups -OCH3 is 1. The predicted octanol–water partition coefficient (Wildman–Crippen LogP) is 2.56. The Labute approximate surface area is 198 Å². The van der Waals surface area contributed by atoms with Crippen molar-refractivity contribution in [2.45, 2.75) is 32.2 Å². The van der Waals surface area contributed by atoms with E-state index in [1.54, 1.807) is 7.11 Å². The zero-order valence-electron chi connectivity index (χ0n) is 18.4. The highest BCUT2D eigenvalue weighted by Gasteiger charge is 2.25. The lowest BCUT2D eigenvalue weighted by Crippen LogP contribution is -2.44. The number of hydrogen-bond donors (Lipinski definition) is 2. The molecule has 8 heteroatoms. The first kappa shape index (κ1) is 25.0. The molecule has 0 aliphatic carbocycles. The topological polar surface area (TPSA) is 61.4 Å². The van der Waals surface area contributed by atoms with Gasteiger partial charge >= 0.3 is 0 Å². The number of guanidine groups is 1. The maximum Gasteiger partial charge on any atom is 0.191 e. The largest absolute Gasteiger partial charge is 0.495 e.